The zero-order chi connectivity index (χ0) is 51.2. The molecule has 16 heteroatoms. The Morgan fingerprint density at radius 2 is 1.22 bits per heavy atom. The molecule has 2 amide bonds. The van der Waals surface area contributed by atoms with E-state index in [0.717, 1.165) is 6.54 Å². The van der Waals surface area contributed by atoms with Crippen molar-refractivity contribution in [2.45, 2.75) is 163 Å². The quantitative estimate of drug-likeness (QED) is 0.0787. The molecule has 1 fully saturated rings. The van der Waals surface area contributed by atoms with Crippen LogP contribution in [0.4, 0.5) is 18.4 Å². The van der Waals surface area contributed by atoms with Crippen molar-refractivity contribution in [1.82, 2.24) is 10.2 Å². The van der Waals surface area contributed by atoms with Crippen molar-refractivity contribution in [2.75, 3.05) is 39.2 Å². The van der Waals surface area contributed by atoms with Gasteiger partial charge in [-0.05, 0) is 120 Å². The third-order valence-electron chi connectivity index (χ3n) is 9.94. The van der Waals surface area contributed by atoms with E-state index in [1.165, 1.54) is 24.3 Å². The number of nitrogens with one attached hydrogen (secondary N) is 1. The molecule has 0 unspecified atom stereocenters. The second kappa shape index (κ2) is 29.1. The van der Waals surface area contributed by atoms with E-state index in [-0.39, 0.29) is 40.7 Å². The maximum Gasteiger partial charge on any atom is 0.410 e. The molecule has 0 radical (unpaired) electrons. The Morgan fingerprint density at radius 3 is 1.65 bits per heavy atom. The molecule has 0 aliphatic carbocycles. The lowest BCUT2D eigenvalue weighted by atomic mass is 10.1. The number of halogens is 3. The predicted octanol–water partition coefficient (Wildman–Crippen LogP) is 14.2. The first-order chi connectivity index (χ1) is 29.7. The van der Waals surface area contributed by atoms with Gasteiger partial charge in [-0.2, -0.15) is 12.6 Å². The van der Waals surface area contributed by atoms with Gasteiger partial charge in [0.15, 0.2) is 16.6 Å². The number of hydrogen-bond acceptors (Lipinski definition) is 9. The Bertz CT molecular complexity index is 1720. The van der Waals surface area contributed by atoms with Crippen molar-refractivity contribution in [3.05, 3.63) is 83.4 Å². The van der Waals surface area contributed by atoms with Crippen LogP contribution in [0.25, 0.3) is 0 Å². The number of rotatable bonds is 15. The minimum absolute atomic E-state index is 0.0357. The van der Waals surface area contributed by atoms with Crippen molar-refractivity contribution in [3.63, 3.8) is 0 Å². The van der Waals surface area contributed by atoms with Gasteiger partial charge in [0.25, 0.3) is 0 Å². The molecular weight excluding hydrogens is 951 g/mol. The first-order valence-electron chi connectivity index (χ1n) is 22.1. The number of thiol groups is 1. The van der Waals surface area contributed by atoms with E-state index in [1.807, 2.05) is 55.4 Å². The summed E-state index contributed by atoms with van der Waals surface area (Å²) >= 11 is 6.69. The summed E-state index contributed by atoms with van der Waals surface area (Å²) in [6.07, 6.45) is 4.54. The highest BCUT2D eigenvalue weighted by Gasteiger charge is 2.44. The summed E-state index contributed by atoms with van der Waals surface area (Å²) in [6.45, 7) is 46.5. The normalized spacial score (nSPS) is 14.1. The van der Waals surface area contributed by atoms with Crippen LogP contribution in [-0.2, 0) is 24.7 Å². The molecule has 2 aromatic carbocycles. The Morgan fingerprint density at radius 1 is 0.769 bits per heavy atom. The molecular formula is C49H85BrF2N2O8SSi2. The Balaban J connectivity index is 0. The molecule has 0 saturated carbocycles. The standard InChI is InChI=1S/C23H38FNO4Si.C14H29NO3Si.C9H8BrFO.C2H6.CH4S/c1-10-11-27-20-14-17(12-18(24)15-20)13-19(25-21(26)29-22(2,3)4)16-28-30(8,9)23(5,6)7;1-13(2,3)18-12(16)15-9-11(15)10-17-19(7,8)14(4,5)6;1-2-3-12-9-5-7(10)4-8(11)6-9;2*1-2/h10,12,14-15,19H,1,11,13,16H2,2-9H3,(H,25,26);11H,9-10H2,1-8H3;2,4-6H,1,3H2;1-2H3;2H,1H3/t19-;11-,15?;;;/m00.../s1. The van der Waals surface area contributed by atoms with Gasteiger partial charge in [-0.3, -0.25) is 4.90 Å². The molecule has 374 valence electrons. The third kappa shape index (κ3) is 28.1. The molecule has 0 aromatic heterocycles. The largest absolute Gasteiger partial charge is 0.489 e. The van der Waals surface area contributed by atoms with Gasteiger partial charge >= 0.3 is 12.2 Å². The minimum atomic E-state index is -2.02. The van der Waals surface area contributed by atoms with E-state index in [2.05, 4.69) is 115 Å². The smallest absolute Gasteiger partial charge is 0.410 e. The van der Waals surface area contributed by atoms with Crippen LogP contribution in [0, 0.1) is 11.6 Å². The molecule has 3 rings (SSSR count). The molecule has 1 aliphatic heterocycles. The summed E-state index contributed by atoms with van der Waals surface area (Å²) < 4.78 is 61.2. The number of alkyl carbamates (subject to hydrolysis) is 1. The van der Waals surface area contributed by atoms with Crippen molar-refractivity contribution in [2.24, 2.45) is 0 Å². The average Bonchev–Trinajstić information content (AvgIpc) is 3.94. The Labute approximate surface area is 408 Å². The highest BCUT2D eigenvalue weighted by atomic mass is 79.9. The molecule has 0 bridgehead atoms. The molecule has 1 saturated heterocycles. The van der Waals surface area contributed by atoms with Crippen LogP contribution in [-0.4, -0.2) is 96.2 Å². The first-order valence-corrected chi connectivity index (χ1v) is 29.6. The highest BCUT2D eigenvalue weighted by Crippen LogP contribution is 2.38. The summed E-state index contributed by atoms with van der Waals surface area (Å²) in [5.41, 5.74) is -0.335. The Kier molecular flexibility index (Phi) is 28.7. The van der Waals surface area contributed by atoms with Crippen LogP contribution in [0.3, 0.4) is 0 Å². The molecule has 0 spiro atoms. The lowest BCUT2D eigenvalue weighted by Crippen LogP contribution is -2.48. The van der Waals surface area contributed by atoms with Crippen LogP contribution >= 0.6 is 28.6 Å². The summed E-state index contributed by atoms with van der Waals surface area (Å²) in [5.74, 6) is 0.212. The molecule has 1 heterocycles. The maximum absolute atomic E-state index is 14.1. The summed E-state index contributed by atoms with van der Waals surface area (Å²) in [6, 6.07) is 8.77. The van der Waals surface area contributed by atoms with E-state index in [0.29, 0.717) is 47.8 Å². The third-order valence-corrected chi connectivity index (χ3v) is 19.4. The van der Waals surface area contributed by atoms with Gasteiger partial charge in [0, 0.05) is 23.2 Å². The fraction of sp³-hybridized carbons (Fsp3) is 0.633. The summed E-state index contributed by atoms with van der Waals surface area (Å²) in [5, 5.41) is 3.13. The van der Waals surface area contributed by atoms with Crippen LogP contribution in [0.5, 0.6) is 11.5 Å². The van der Waals surface area contributed by atoms with E-state index in [1.54, 1.807) is 35.4 Å². The summed E-state index contributed by atoms with van der Waals surface area (Å²) in [7, 11) is -3.74. The van der Waals surface area contributed by atoms with E-state index < -0.39 is 39.7 Å². The minimum Gasteiger partial charge on any atom is -0.489 e. The highest BCUT2D eigenvalue weighted by molar-refractivity contribution is 9.10. The van der Waals surface area contributed by atoms with Gasteiger partial charge in [-0.15, -0.1) is 0 Å². The first kappa shape index (κ1) is 64.2. The molecule has 2 atom stereocenters. The molecule has 65 heavy (non-hydrogen) atoms. The number of carbonyl (C=O) groups is 2. The molecule has 10 nitrogen and oxygen atoms in total. The van der Waals surface area contributed by atoms with E-state index >= 15 is 0 Å². The fourth-order valence-electron chi connectivity index (χ4n) is 4.57. The number of benzene rings is 2. The fourth-order valence-corrected chi connectivity index (χ4v) is 7.10. The monoisotopic (exact) mass is 1030 g/mol. The second-order valence-corrected chi connectivity index (χ2v) is 30.6. The number of carbonyl (C=O) groups excluding carboxylic acids is 2. The van der Waals surface area contributed by atoms with Crippen LogP contribution in [0.1, 0.15) is 102 Å². The van der Waals surface area contributed by atoms with Gasteiger partial charge in [-0.25, -0.2) is 18.4 Å². The van der Waals surface area contributed by atoms with Gasteiger partial charge in [0.2, 0.25) is 0 Å². The zero-order valence-corrected chi connectivity index (χ0v) is 47.7. The number of amides is 2. The van der Waals surface area contributed by atoms with Crippen LogP contribution in [0.15, 0.2) is 66.2 Å². The number of hydrogen-bond donors (Lipinski definition) is 2. The topological polar surface area (TPSA) is 105 Å². The van der Waals surface area contributed by atoms with Gasteiger partial charge in [0.1, 0.15) is 47.5 Å². The van der Waals surface area contributed by atoms with Gasteiger partial charge in [-0.1, -0.05) is 96.6 Å². The number of nitrogens with zero attached hydrogens (tertiary/aromatic N) is 1. The number of ether oxygens (including phenoxy) is 4. The maximum atomic E-state index is 14.1. The SMILES string of the molecule is C=CCOc1cc(F)cc(Br)c1.C=CCOc1cc(F)cc(C[C@@H](CO[Si](C)(C)C(C)(C)C)NC(=O)OC(C)(C)C)c1.CC.CC(C)(C)OC(=O)N1C[C@H]1CO[Si](C)(C)C(C)(C)C.CS. The van der Waals surface area contributed by atoms with Crippen molar-refractivity contribution in [3.8, 4) is 11.5 Å². The predicted molar refractivity (Wildman–Crippen MR) is 278 cm³/mol. The van der Waals surface area contributed by atoms with Crippen LogP contribution < -0.4 is 14.8 Å². The van der Waals surface area contributed by atoms with E-state index in [9.17, 15) is 18.4 Å². The van der Waals surface area contributed by atoms with Crippen LogP contribution in [0.2, 0.25) is 36.3 Å². The molecule has 1 N–H and O–H groups in total. The lowest BCUT2D eigenvalue weighted by Gasteiger charge is -2.37. The van der Waals surface area contributed by atoms with Crippen molar-refractivity contribution >= 4 is 57.4 Å². The van der Waals surface area contributed by atoms with Gasteiger partial charge < -0.3 is 33.1 Å². The van der Waals surface area contributed by atoms with Gasteiger partial charge in [0.05, 0.1) is 25.3 Å². The molecule has 2 aromatic rings. The lowest BCUT2D eigenvalue weighted by molar-refractivity contribution is 0.0395. The van der Waals surface area contributed by atoms with Crippen molar-refractivity contribution < 1.29 is 46.2 Å². The second-order valence-electron chi connectivity index (χ2n) is 20.1. The Hall–Kier alpha value is -2.90. The average molecular weight is 1040 g/mol. The van der Waals surface area contributed by atoms with Crippen molar-refractivity contribution in [1.29, 1.82) is 0 Å². The van der Waals surface area contributed by atoms with E-state index in [4.69, 9.17) is 27.8 Å². The zero-order valence-electron chi connectivity index (χ0n) is 43.2. The summed E-state index contributed by atoms with van der Waals surface area (Å²) in [4.78, 5) is 25.9. The molecule has 1 aliphatic rings.